The van der Waals surface area contributed by atoms with E-state index in [2.05, 4.69) is 309 Å². The van der Waals surface area contributed by atoms with E-state index in [0.29, 0.717) is 0 Å². The van der Waals surface area contributed by atoms with Gasteiger partial charge in [-0.15, -0.1) is 0 Å². The number of anilines is 8. The number of benzene rings is 10. The fourth-order valence-corrected chi connectivity index (χ4v) is 12.0. The van der Waals surface area contributed by atoms with Gasteiger partial charge in [0, 0.05) is 123 Å². The Morgan fingerprint density at radius 1 is 0.378 bits per heavy atom. The van der Waals surface area contributed by atoms with Gasteiger partial charge < -0.3 is 35.7 Å². The van der Waals surface area contributed by atoms with Gasteiger partial charge in [0.05, 0.1) is 0 Å². The number of nitrogens with one attached hydrogen (secondary N) is 1. The summed E-state index contributed by atoms with van der Waals surface area (Å²) in [5.41, 5.74) is 29.3. The first kappa shape index (κ1) is 57.3. The lowest BCUT2D eigenvalue weighted by molar-refractivity contribution is 0.385. The van der Waals surface area contributed by atoms with Gasteiger partial charge in [0.15, 0.2) is 0 Å². The van der Waals surface area contributed by atoms with Crippen molar-refractivity contribution >= 4 is 121 Å². The molecular weight excluding hydrogens is 1130 g/mol. The van der Waals surface area contributed by atoms with Crippen LogP contribution in [0, 0.1) is 20.8 Å². The van der Waals surface area contributed by atoms with Crippen molar-refractivity contribution in [2.24, 2.45) is 11.5 Å². The van der Waals surface area contributed by atoms with E-state index in [9.17, 15) is 0 Å². The Hall–Kier alpha value is -7.92. The summed E-state index contributed by atoms with van der Waals surface area (Å²) in [6.45, 7) is 12.7. The molecule has 2 heterocycles. The monoisotopic (exact) mass is 1210 g/mol. The van der Waals surface area contributed by atoms with Crippen LogP contribution in [0.5, 0.6) is 0 Å². The summed E-state index contributed by atoms with van der Waals surface area (Å²) in [6.07, 6.45) is 4.80. The van der Waals surface area contributed by atoms with Crippen LogP contribution in [0.25, 0.3) is 43.6 Å². The quantitative estimate of drug-likeness (QED) is 0.127. The molecule has 10 aromatic carbocycles. The minimum absolute atomic E-state index is 0.281. The fraction of sp³-hybridized carbons (Fsp3) is 0.178. The zero-order chi connectivity index (χ0) is 57.1. The van der Waals surface area contributed by atoms with Gasteiger partial charge in [-0.1, -0.05) is 136 Å². The van der Waals surface area contributed by atoms with E-state index in [1.54, 1.807) is 0 Å². The van der Waals surface area contributed by atoms with Crippen LogP contribution < -0.4 is 26.6 Å². The molecule has 0 aliphatic heterocycles. The minimum Gasteiger partial charge on any atom is -0.356 e. The Morgan fingerprint density at radius 2 is 0.720 bits per heavy atom. The molecule has 12 aromatic rings. The van der Waals surface area contributed by atoms with Crippen LogP contribution in [0.1, 0.15) is 56.2 Å². The predicted octanol–water partition coefficient (Wildman–Crippen LogP) is 20.7. The van der Waals surface area contributed by atoms with E-state index in [0.717, 1.165) is 80.4 Å². The van der Waals surface area contributed by atoms with Gasteiger partial charge in [-0.25, -0.2) is 0 Å². The maximum atomic E-state index is 5.65. The van der Waals surface area contributed by atoms with Crippen LogP contribution in [0.4, 0.5) is 45.5 Å². The van der Waals surface area contributed by atoms with Crippen molar-refractivity contribution < 1.29 is 0 Å². The number of halogens is 2. The summed E-state index contributed by atoms with van der Waals surface area (Å²) in [5.74, 6) is 0. The van der Waals surface area contributed by atoms with E-state index in [-0.39, 0.29) is 12.1 Å². The zero-order valence-corrected chi connectivity index (χ0v) is 50.8. The molecule has 0 amide bonds. The molecule has 2 aromatic heterocycles. The number of para-hydroxylation sites is 3. The molecule has 0 radical (unpaired) electrons. The lowest BCUT2D eigenvalue weighted by Gasteiger charge is -2.26. The second-order valence-corrected chi connectivity index (χ2v) is 23.0. The zero-order valence-electron chi connectivity index (χ0n) is 47.6. The Labute approximate surface area is 501 Å². The summed E-state index contributed by atoms with van der Waals surface area (Å²) < 4.78 is 7.03. The van der Waals surface area contributed by atoms with Crippen LogP contribution in [0.15, 0.2) is 246 Å². The summed E-state index contributed by atoms with van der Waals surface area (Å²) in [7, 11) is 0. The molecule has 82 heavy (non-hydrogen) atoms. The van der Waals surface area contributed by atoms with E-state index in [4.69, 9.17) is 11.5 Å². The van der Waals surface area contributed by atoms with Crippen LogP contribution in [-0.4, -0.2) is 21.2 Å². The lowest BCUT2D eigenvalue weighted by Crippen LogP contribution is -2.43. The smallest absolute Gasteiger partial charge is 0.0492 e. The summed E-state index contributed by atoms with van der Waals surface area (Å²) >= 11 is 7.09. The number of hydrogen-bond acceptors (Lipinski definition) is 5. The number of hydrogen-bond donors (Lipinski definition) is 3. The molecule has 1 aliphatic rings. The molecule has 13 rings (SSSR count). The molecule has 1 aliphatic carbocycles. The highest BCUT2D eigenvalue weighted by molar-refractivity contribution is 9.10. The fourth-order valence-electron chi connectivity index (χ4n) is 11.3. The third-order valence-electron chi connectivity index (χ3n) is 15.3. The van der Waals surface area contributed by atoms with Crippen LogP contribution in [-0.2, 0) is 13.1 Å². The number of nitrogens with zero attached hydrogens (tertiary/aromatic N) is 4. The first-order chi connectivity index (χ1) is 40.0. The second-order valence-electron chi connectivity index (χ2n) is 21.2. The van der Waals surface area contributed by atoms with Gasteiger partial charge >= 0.3 is 0 Å². The van der Waals surface area contributed by atoms with Crippen molar-refractivity contribution in [3.8, 4) is 0 Å². The van der Waals surface area contributed by atoms with E-state index in [1.165, 1.54) is 73.1 Å². The molecular formula is C73H73Br2N7. The largest absolute Gasteiger partial charge is 0.356 e. The van der Waals surface area contributed by atoms with Crippen LogP contribution in [0.3, 0.4) is 0 Å². The average molecular weight is 1210 g/mol. The first-order valence-corrected chi connectivity index (χ1v) is 30.2. The molecule has 0 spiro atoms. The van der Waals surface area contributed by atoms with Crippen molar-refractivity contribution in [3.05, 3.63) is 262 Å². The average Bonchev–Trinajstić information content (AvgIpc) is 4.09. The summed E-state index contributed by atoms with van der Waals surface area (Å²) in [6, 6.07) is 84.6. The SMILES string of the molecule is CCn1c2ccc(Br)cc2c2cc(Br)ccc21.CCn1c2ccc(N(c3ccccc3)c3cccc(C)c3)cc2c2cc(N(c3ccccc3)c3cccc(C)c3)ccc21.Cc1cccc(Nc2ccccc2)c1.N[C@@H]1CCCC[C@H]1N. The Bertz CT molecular complexity index is 3850. The molecule has 414 valence electrons. The third-order valence-corrected chi connectivity index (χ3v) is 16.3. The van der Waals surface area contributed by atoms with Crippen molar-refractivity contribution in [1.82, 2.24) is 9.13 Å². The van der Waals surface area contributed by atoms with Crippen molar-refractivity contribution in [2.75, 3.05) is 15.1 Å². The standard InChI is InChI=1S/C40H35N3.C14H11Br2N.C13H13N.C6H14N2/c1-4-41-39-23-21-35(42(31-15-7-5-8-16-31)33-19-11-13-29(2)25-33)27-37(39)38-28-36(22-24-40(38)41)43(32-17-9-6-10-18-32)34-20-12-14-30(3)26-34;1-2-17-13-5-3-9(15)7-11(13)12-8-10(16)4-6-14(12)17;1-11-6-5-9-13(10-11)14-12-7-3-2-4-8-12;7-5-3-1-2-4-6(5)8/h5-28H,4H2,1-3H3;3-8H,2H2,1H3;2-10,14H,1H3;5-6H,1-4,7-8H2/t;;;5-,6-/m...1/s1. The van der Waals surface area contributed by atoms with Gasteiger partial charge in [0.25, 0.3) is 0 Å². The number of nitrogens with two attached hydrogens (primary N) is 2. The number of rotatable bonds is 10. The van der Waals surface area contributed by atoms with Gasteiger partial charge in [-0.05, 0) is 210 Å². The van der Waals surface area contributed by atoms with Crippen molar-refractivity contribution in [3.63, 3.8) is 0 Å². The Kier molecular flexibility index (Phi) is 18.7. The highest BCUT2D eigenvalue weighted by Gasteiger charge is 2.20. The predicted molar refractivity (Wildman–Crippen MR) is 360 cm³/mol. The number of aryl methyl sites for hydroxylation is 5. The van der Waals surface area contributed by atoms with Crippen molar-refractivity contribution in [2.45, 2.75) is 85.5 Å². The first-order valence-electron chi connectivity index (χ1n) is 28.6. The topological polar surface area (TPSA) is 80.4 Å². The molecule has 5 N–H and O–H groups in total. The number of fused-ring (bicyclic) bond motifs is 6. The molecule has 1 fully saturated rings. The Morgan fingerprint density at radius 3 is 1.11 bits per heavy atom. The molecule has 0 unspecified atom stereocenters. The van der Waals surface area contributed by atoms with E-state index < -0.39 is 0 Å². The van der Waals surface area contributed by atoms with Gasteiger partial charge in [-0.2, -0.15) is 0 Å². The molecule has 9 heteroatoms. The van der Waals surface area contributed by atoms with Gasteiger partial charge in [0.1, 0.15) is 0 Å². The minimum atomic E-state index is 0.281. The highest BCUT2D eigenvalue weighted by Crippen LogP contribution is 2.42. The molecule has 0 saturated heterocycles. The van der Waals surface area contributed by atoms with Crippen LogP contribution >= 0.6 is 31.9 Å². The van der Waals surface area contributed by atoms with E-state index in [1.807, 2.05) is 18.2 Å². The van der Waals surface area contributed by atoms with E-state index >= 15 is 0 Å². The summed E-state index contributed by atoms with van der Waals surface area (Å²) in [4.78, 5) is 4.71. The van der Waals surface area contributed by atoms with Crippen molar-refractivity contribution in [1.29, 1.82) is 0 Å². The van der Waals surface area contributed by atoms with Gasteiger partial charge in [0.2, 0.25) is 0 Å². The maximum Gasteiger partial charge on any atom is 0.0492 e. The number of aromatic nitrogens is 2. The maximum absolute atomic E-state index is 5.65. The van der Waals surface area contributed by atoms with Crippen LogP contribution in [0.2, 0.25) is 0 Å². The molecule has 0 bridgehead atoms. The molecule has 7 nitrogen and oxygen atoms in total. The third kappa shape index (κ3) is 13.4. The second kappa shape index (κ2) is 26.8. The molecule has 1 saturated carbocycles. The summed E-state index contributed by atoms with van der Waals surface area (Å²) in [5, 5.41) is 8.46. The normalized spacial score (nSPS) is 13.8. The molecule has 2 atom stereocenters. The van der Waals surface area contributed by atoms with Gasteiger partial charge in [-0.3, -0.25) is 0 Å². The lowest BCUT2D eigenvalue weighted by atomic mass is 9.92. The highest BCUT2D eigenvalue weighted by atomic mass is 79.9. The Balaban J connectivity index is 0.000000155.